The summed E-state index contributed by atoms with van der Waals surface area (Å²) in [5.41, 5.74) is 0. The number of carbonyl (C=O) groups is 2. The summed E-state index contributed by atoms with van der Waals surface area (Å²) in [5, 5.41) is 17.2. The van der Waals surface area contributed by atoms with Crippen molar-refractivity contribution in [1.82, 2.24) is 4.72 Å². The Morgan fingerprint density at radius 2 is 2.00 bits per heavy atom. The molecule has 0 rings (SSSR count). The van der Waals surface area contributed by atoms with E-state index >= 15 is 0 Å². The van der Waals surface area contributed by atoms with Crippen LogP contribution < -0.4 is 4.72 Å². The highest BCUT2D eigenvalue weighted by molar-refractivity contribution is 7.89. The van der Waals surface area contributed by atoms with Crippen LogP contribution in [0.25, 0.3) is 0 Å². The number of carboxylic acid groups (broad SMARTS) is 1. The monoisotopic (exact) mass is 269 g/mol. The van der Waals surface area contributed by atoms with E-state index in [4.69, 9.17) is 10.2 Å². The summed E-state index contributed by atoms with van der Waals surface area (Å²) < 4.78 is 28.8. The molecular formula is C8H15NO7S. The van der Waals surface area contributed by atoms with Gasteiger partial charge in [0.15, 0.2) is 6.10 Å². The van der Waals surface area contributed by atoms with E-state index in [9.17, 15) is 18.0 Å². The van der Waals surface area contributed by atoms with Crippen molar-refractivity contribution in [2.75, 3.05) is 19.4 Å². The van der Waals surface area contributed by atoms with Gasteiger partial charge in [-0.15, -0.1) is 0 Å². The Morgan fingerprint density at radius 3 is 2.47 bits per heavy atom. The fourth-order valence-corrected chi connectivity index (χ4v) is 1.95. The molecule has 0 bridgehead atoms. The van der Waals surface area contributed by atoms with E-state index in [1.54, 1.807) is 0 Å². The number of rotatable bonds is 8. The van der Waals surface area contributed by atoms with Crippen molar-refractivity contribution in [3.8, 4) is 0 Å². The molecular weight excluding hydrogens is 254 g/mol. The predicted molar refractivity (Wildman–Crippen MR) is 56.7 cm³/mol. The first-order valence-corrected chi connectivity index (χ1v) is 6.38. The summed E-state index contributed by atoms with van der Waals surface area (Å²) in [6.45, 7) is -0.601. The number of sulfonamides is 1. The Labute approximate surface area is 98.6 Å². The molecule has 0 aromatic heterocycles. The summed E-state index contributed by atoms with van der Waals surface area (Å²) in [7, 11) is -2.50. The van der Waals surface area contributed by atoms with Gasteiger partial charge in [0.05, 0.1) is 12.9 Å². The summed E-state index contributed by atoms with van der Waals surface area (Å²) in [4.78, 5) is 20.9. The molecule has 0 fully saturated rings. The van der Waals surface area contributed by atoms with E-state index in [-0.39, 0.29) is 18.6 Å². The van der Waals surface area contributed by atoms with Gasteiger partial charge in [0.2, 0.25) is 10.0 Å². The van der Waals surface area contributed by atoms with Crippen molar-refractivity contribution in [3.63, 3.8) is 0 Å². The highest BCUT2D eigenvalue weighted by atomic mass is 32.2. The van der Waals surface area contributed by atoms with Gasteiger partial charge in [-0.1, -0.05) is 0 Å². The summed E-state index contributed by atoms with van der Waals surface area (Å²) in [5.74, 6) is -2.37. The van der Waals surface area contributed by atoms with Gasteiger partial charge in [0.25, 0.3) is 0 Å². The van der Waals surface area contributed by atoms with Crippen LogP contribution in [0.3, 0.4) is 0 Å². The Hall–Kier alpha value is -1.19. The van der Waals surface area contributed by atoms with Gasteiger partial charge in [0.1, 0.15) is 0 Å². The molecule has 9 heteroatoms. The molecule has 0 aliphatic rings. The van der Waals surface area contributed by atoms with Gasteiger partial charge in [-0.2, -0.15) is 0 Å². The summed E-state index contributed by atoms with van der Waals surface area (Å²) >= 11 is 0. The van der Waals surface area contributed by atoms with Crippen LogP contribution in [0.5, 0.6) is 0 Å². The molecule has 1 atom stereocenters. The minimum atomic E-state index is -3.70. The summed E-state index contributed by atoms with van der Waals surface area (Å²) in [6.07, 6.45) is -1.77. The minimum absolute atomic E-state index is 0.0428. The zero-order valence-electron chi connectivity index (χ0n) is 9.25. The van der Waals surface area contributed by atoms with Gasteiger partial charge in [0, 0.05) is 13.0 Å². The average Bonchev–Trinajstić information content (AvgIpc) is 2.25. The van der Waals surface area contributed by atoms with Crippen LogP contribution in [0.2, 0.25) is 0 Å². The van der Waals surface area contributed by atoms with Crippen molar-refractivity contribution < 1.29 is 33.0 Å². The zero-order chi connectivity index (χ0) is 13.5. The molecule has 17 heavy (non-hydrogen) atoms. The van der Waals surface area contributed by atoms with Crippen LogP contribution in [-0.4, -0.2) is 56.1 Å². The first-order chi connectivity index (χ1) is 7.78. The second-order valence-corrected chi connectivity index (χ2v) is 5.13. The molecule has 8 nitrogen and oxygen atoms in total. The molecule has 0 saturated carbocycles. The second-order valence-electron chi connectivity index (χ2n) is 3.20. The van der Waals surface area contributed by atoms with Crippen LogP contribution in [0.15, 0.2) is 0 Å². The van der Waals surface area contributed by atoms with Crippen LogP contribution in [-0.2, 0) is 24.3 Å². The molecule has 0 aliphatic heterocycles. The quantitative estimate of drug-likeness (QED) is 0.448. The lowest BCUT2D eigenvalue weighted by Gasteiger charge is -2.08. The third-order valence-electron chi connectivity index (χ3n) is 1.80. The lowest BCUT2D eigenvalue weighted by molar-refractivity contribution is -0.146. The molecule has 0 aliphatic carbocycles. The Bertz CT molecular complexity index is 364. The van der Waals surface area contributed by atoms with Crippen LogP contribution in [0, 0.1) is 0 Å². The Kier molecular flexibility index (Phi) is 6.69. The van der Waals surface area contributed by atoms with Crippen LogP contribution in [0.4, 0.5) is 0 Å². The van der Waals surface area contributed by atoms with Crippen molar-refractivity contribution in [3.05, 3.63) is 0 Å². The average molecular weight is 269 g/mol. The number of aliphatic hydroxyl groups is 1. The van der Waals surface area contributed by atoms with Gasteiger partial charge in [-0.3, -0.25) is 4.79 Å². The Balaban J connectivity index is 3.97. The second kappa shape index (κ2) is 7.20. The minimum Gasteiger partial charge on any atom is -0.479 e. The first-order valence-electron chi connectivity index (χ1n) is 4.73. The van der Waals surface area contributed by atoms with Gasteiger partial charge < -0.3 is 14.9 Å². The van der Waals surface area contributed by atoms with Gasteiger partial charge in [-0.05, 0) is 6.42 Å². The lowest BCUT2D eigenvalue weighted by atomic mass is 10.3. The number of hydrogen-bond acceptors (Lipinski definition) is 6. The molecule has 0 aromatic rings. The van der Waals surface area contributed by atoms with Crippen molar-refractivity contribution in [2.45, 2.75) is 18.9 Å². The molecule has 100 valence electrons. The fourth-order valence-electron chi connectivity index (χ4n) is 0.874. The SMILES string of the molecule is COC(=O)CCCS(=O)(=O)NC[C@H](O)C(=O)O. The maximum Gasteiger partial charge on any atom is 0.333 e. The third kappa shape index (κ3) is 7.66. The number of aliphatic carboxylic acids is 1. The molecule has 0 unspecified atom stereocenters. The third-order valence-corrected chi connectivity index (χ3v) is 3.24. The predicted octanol–water partition coefficient (Wildman–Crippen LogP) is -1.70. The van der Waals surface area contributed by atoms with Crippen LogP contribution in [0.1, 0.15) is 12.8 Å². The molecule has 0 aromatic carbocycles. The highest BCUT2D eigenvalue weighted by Crippen LogP contribution is 1.96. The van der Waals surface area contributed by atoms with Crippen molar-refractivity contribution in [2.24, 2.45) is 0 Å². The lowest BCUT2D eigenvalue weighted by Crippen LogP contribution is -2.37. The van der Waals surface area contributed by atoms with E-state index in [0.29, 0.717) is 0 Å². The maximum absolute atomic E-state index is 11.3. The van der Waals surface area contributed by atoms with E-state index in [1.165, 1.54) is 7.11 Å². The number of nitrogens with one attached hydrogen (secondary N) is 1. The van der Waals surface area contributed by atoms with Gasteiger partial charge in [-0.25, -0.2) is 17.9 Å². The largest absolute Gasteiger partial charge is 0.479 e. The Morgan fingerprint density at radius 1 is 1.41 bits per heavy atom. The molecule has 0 spiro atoms. The number of aliphatic hydroxyl groups excluding tert-OH is 1. The van der Waals surface area contributed by atoms with Gasteiger partial charge >= 0.3 is 11.9 Å². The molecule has 3 N–H and O–H groups in total. The topological polar surface area (TPSA) is 130 Å². The van der Waals surface area contributed by atoms with Crippen molar-refractivity contribution in [1.29, 1.82) is 0 Å². The standard InChI is InChI=1S/C8H15NO7S/c1-16-7(11)3-2-4-17(14,15)9-5-6(10)8(12)13/h6,9-10H,2-5H2,1H3,(H,12,13)/t6-/m0/s1. The fraction of sp³-hybridized carbons (Fsp3) is 0.750. The number of carboxylic acids is 1. The van der Waals surface area contributed by atoms with E-state index < -0.39 is 34.6 Å². The number of esters is 1. The number of carbonyl (C=O) groups excluding carboxylic acids is 1. The molecule has 0 heterocycles. The van der Waals surface area contributed by atoms with Crippen LogP contribution >= 0.6 is 0 Å². The van der Waals surface area contributed by atoms with E-state index in [2.05, 4.69) is 4.74 Å². The highest BCUT2D eigenvalue weighted by Gasteiger charge is 2.17. The number of ether oxygens (including phenoxy) is 1. The molecule has 0 radical (unpaired) electrons. The number of methoxy groups -OCH3 is 1. The first kappa shape index (κ1) is 15.8. The zero-order valence-corrected chi connectivity index (χ0v) is 10.1. The van der Waals surface area contributed by atoms with Crippen molar-refractivity contribution >= 4 is 22.0 Å². The molecule has 0 saturated heterocycles. The van der Waals surface area contributed by atoms with E-state index in [0.717, 1.165) is 0 Å². The normalized spacial score (nSPS) is 13.1. The maximum atomic E-state index is 11.3. The molecule has 0 amide bonds. The summed E-state index contributed by atoms with van der Waals surface area (Å²) in [6, 6.07) is 0. The van der Waals surface area contributed by atoms with E-state index in [1.807, 2.05) is 4.72 Å². The smallest absolute Gasteiger partial charge is 0.333 e. The number of hydrogen-bond donors (Lipinski definition) is 3.